The van der Waals surface area contributed by atoms with E-state index >= 15 is 0 Å². The molecule has 0 unspecified atom stereocenters. The third-order valence-corrected chi connectivity index (χ3v) is 2.09. The smallest absolute Gasteiger partial charge is 0.310 e. The molecule has 1 aromatic rings. The number of esters is 1. The van der Waals surface area contributed by atoms with Crippen LogP contribution in [0.4, 0.5) is 5.69 Å². The van der Waals surface area contributed by atoms with Crippen molar-refractivity contribution in [3.05, 3.63) is 29.8 Å². The van der Waals surface area contributed by atoms with Crippen LogP contribution in [0.2, 0.25) is 0 Å². The number of nitrogens with two attached hydrogens (primary N) is 1. The van der Waals surface area contributed by atoms with Crippen molar-refractivity contribution in [2.24, 2.45) is 0 Å². The zero-order chi connectivity index (χ0) is 11.8. The molecule has 4 heteroatoms. The van der Waals surface area contributed by atoms with Gasteiger partial charge < -0.3 is 10.5 Å². The second kappa shape index (κ2) is 6.46. The molecule has 16 heavy (non-hydrogen) atoms. The number of para-hydroxylation sites is 1. The Morgan fingerprint density at radius 3 is 2.88 bits per heavy atom. The molecule has 0 aliphatic heterocycles. The minimum atomic E-state index is -0.309. The van der Waals surface area contributed by atoms with Crippen LogP contribution in [0.15, 0.2) is 24.3 Å². The molecule has 1 aromatic carbocycles. The Balaban J connectivity index is 2.35. The molecule has 0 aliphatic rings. The Hall–Kier alpha value is -2.02. The molecule has 0 atom stereocenters. The number of anilines is 1. The monoisotopic (exact) mass is 218 g/mol. The number of nitrogens with zero attached hydrogens (tertiary/aromatic N) is 1. The van der Waals surface area contributed by atoms with Crippen LogP contribution in [-0.4, -0.2) is 12.6 Å². The van der Waals surface area contributed by atoms with Crippen molar-refractivity contribution in [1.82, 2.24) is 0 Å². The van der Waals surface area contributed by atoms with Gasteiger partial charge in [-0.1, -0.05) is 18.2 Å². The lowest BCUT2D eigenvalue weighted by Gasteiger charge is -2.05. The van der Waals surface area contributed by atoms with Gasteiger partial charge in [0.15, 0.2) is 0 Å². The number of nitriles is 1. The molecule has 0 aromatic heterocycles. The molecule has 0 heterocycles. The highest BCUT2D eigenvalue weighted by Crippen LogP contribution is 2.11. The fourth-order valence-electron chi connectivity index (χ4n) is 1.24. The highest BCUT2D eigenvalue weighted by molar-refractivity contribution is 5.74. The van der Waals surface area contributed by atoms with Gasteiger partial charge >= 0.3 is 5.97 Å². The number of ether oxygens (including phenoxy) is 1. The molecule has 0 spiro atoms. The van der Waals surface area contributed by atoms with Gasteiger partial charge in [0, 0.05) is 12.1 Å². The first-order valence-corrected chi connectivity index (χ1v) is 5.10. The van der Waals surface area contributed by atoms with E-state index in [2.05, 4.69) is 0 Å². The topological polar surface area (TPSA) is 76.1 Å². The normalized spacial score (nSPS) is 9.44. The molecule has 2 N–H and O–H groups in total. The summed E-state index contributed by atoms with van der Waals surface area (Å²) in [6.45, 7) is 0.291. The second-order valence-electron chi connectivity index (χ2n) is 3.36. The number of hydrogen-bond acceptors (Lipinski definition) is 4. The van der Waals surface area contributed by atoms with Crippen molar-refractivity contribution < 1.29 is 9.53 Å². The van der Waals surface area contributed by atoms with Crippen molar-refractivity contribution in [2.45, 2.75) is 19.3 Å². The minimum absolute atomic E-state index is 0.180. The Labute approximate surface area is 94.6 Å². The fraction of sp³-hybridized carbons (Fsp3) is 0.333. The van der Waals surface area contributed by atoms with E-state index in [1.54, 1.807) is 12.1 Å². The lowest BCUT2D eigenvalue weighted by molar-refractivity contribution is -0.142. The maximum atomic E-state index is 11.4. The van der Waals surface area contributed by atoms with Crippen molar-refractivity contribution in [3.63, 3.8) is 0 Å². The molecule has 4 nitrogen and oxygen atoms in total. The average Bonchev–Trinajstić information content (AvgIpc) is 2.28. The number of unbranched alkanes of at least 4 members (excludes halogenated alkanes) is 1. The van der Waals surface area contributed by atoms with Gasteiger partial charge in [-0.3, -0.25) is 4.79 Å². The Bertz CT molecular complexity index is 396. The third-order valence-electron chi connectivity index (χ3n) is 2.09. The quantitative estimate of drug-likeness (QED) is 0.463. The molecule has 84 valence electrons. The van der Waals surface area contributed by atoms with Crippen LogP contribution in [0.25, 0.3) is 0 Å². The number of nitrogen functional groups attached to an aromatic ring is 1. The summed E-state index contributed by atoms with van der Waals surface area (Å²) in [5, 5.41) is 8.30. The van der Waals surface area contributed by atoms with E-state index in [9.17, 15) is 4.79 Å². The van der Waals surface area contributed by atoms with E-state index in [0.717, 1.165) is 5.56 Å². The van der Waals surface area contributed by atoms with Crippen LogP contribution >= 0.6 is 0 Å². The molecule has 0 radical (unpaired) electrons. The van der Waals surface area contributed by atoms with E-state index in [-0.39, 0.29) is 12.4 Å². The predicted octanol–water partition coefficient (Wildman–Crippen LogP) is 1.66. The van der Waals surface area contributed by atoms with Crippen LogP contribution in [-0.2, 0) is 16.0 Å². The molecular weight excluding hydrogens is 204 g/mol. The van der Waals surface area contributed by atoms with Gasteiger partial charge in [0.05, 0.1) is 19.1 Å². The molecule has 0 fully saturated rings. The third kappa shape index (κ3) is 4.01. The number of rotatable bonds is 5. The van der Waals surface area contributed by atoms with Crippen molar-refractivity contribution in [2.75, 3.05) is 12.3 Å². The van der Waals surface area contributed by atoms with Crippen LogP contribution in [0.1, 0.15) is 18.4 Å². The second-order valence-corrected chi connectivity index (χ2v) is 3.36. The molecule has 0 aliphatic carbocycles. The average molecular weight is 218 g/mol. The van der Waals surface area contributed by atoms with Gasteiger partial charge in [-0.15, -0.1) is 0 Å². The summed E-state index contributed by atoms with van der Waals surface area (Å²) in [5.41, 5.74) is 7.06. The number of hydrogen-bond donors (Lipinski definition) is 1. The van der Waals surface area contributed by atoms with Gasteiger partial charge in [0.25, 0.3) is 0 Å². The summed E-state index contributed by atoms with van der Waals surface area (Å²) < 4.78 is 4.96. The van der Waals surface area contributed by atoms with E-state index in [0.29, 0.717) is 25.1 Å². The first-order valence-electron chi connectivity index (χ1n) is 5.10. The summed E-state index contributed by atoms with van der Waals surface area (Å²) in [7, 11) is 0. The van der Waals surface area contributed by atoms with Crippen LogP contribution in [0.5, 0.6) is 0 Å². The standard InChI is InChI=1S/C12H14N2O2/c13-7-3-4-8-16-12(15)9-10-5-1-2-6-11(10)14/h1-2,5-6H,3-4,8-9,14H2. The summed E-state index contributed by atoms with van der Waals surface area (Å²) in [5.74, 6) is -0.309. The Kier molecular flexibility index (Phi) is 4.87. The zero-order valence-electron chi connectivity index (χ0n) is 8.98. The lowest BCUT2D eigenvalue weighted by Crippen LogP contribution is -2.10. The van der Waals surface area contributed by atoms with Crippen molar-refractivity contribution >= 4 is 11.7 Å². The van der Waals surface area contributed by atoms with E-state index < -0.39 is 0 Å². The van der Waals surface area contributed by atoms with Gasteiger partial charge in [-0.25, -0.2) is 0 Å². The highest BCUT2D eigenvalue weighted by atomic mass is 16.5. The number of carbonyl (C=O) groups excluding carboxylic acids is 1. The minimum Gasteiger partial charge on any atom is -0.465 e. The van der Waals surface area contributed by atoms with Crippen LogP contribution < -0.4 is 5.73 Å². The SMILES string of the molecule is N#CCCCOC(=O)Cc1ccccc1N. The number of benzene rings is 1. The van der Waals surface area contributed by atoms with E-state index in [1.807, 2.05) is 18.2 Å². The maximum absolute atomic E-state index is 11.4. The van der Waals surface area contributed by atoms with Gasteiger partial charge in [0.1, 0.15) is 0 Å². The molecule has 0 saturated carbocycles. The van der Waals surface area contributed by atoms with Gasteiger partial charge in [-0.05, 0) is 18.1 Å². The molecule has 0 saturated heterocycles. The van der Waals surface area contributed by atoms with Crippen molar-refractivity contribution in [1.29, 1.82) is 5.26 Å². The zero-order valence-corrected chi connectivity index (χ0v) is 8.98. The summed E-state index contributed by atoms with van der Waals surface area (Å²) >= 11 is 0. The molecule has 1 rings (SSSR count). The Morgan fingerprint density at radius 1 is 1.44 bits per heavy atom. The van der Waals surface area contributed by atoms with Crippen molar-refractivity contribution in [3.8, 4) is 6.07 Å². The predicted molar refractivity (Wildman–Crippen MR) is 60.4 cm³/mol. The lowest BCUT2D eigenvalue weighted by atomic mass is 10.1. The first kappa shape index (κ1) is 12.1. The largest absolute Gasteiger partial charge is 0.465 e. The highest BCUT2D eigenvalue weighted by Gasteiger charge is 2.06. The molecule has 0 bridgehead atoms. The number of carbonyl (C=O) groups is 1. The first-order chi connectivity index (χ1) is 7.74. The summed E-state index contributed by atoms with van der Waals surface area (Å²) in [6, 6.07) is 9.18. The van der Waals surface area contributed by atoms with Gasteiger partial charge in [-0.2, -0.15) is 5.26 Å². The van der Waals surface area contributed by atoms with E-state index in [4.69, 9.17) is 15.7 Å². The summed E-state index contributed by atoms with van der Waals surface area (Å²) in [6.07, 6.45) is 1.16. The molecule has 0 amide bonds. The fourth-order valence-corrected chi connectivity index (χ4v) is 1.24. The van der Waals surface area contributed by atoms with Crippen LogP contribution in [0.3, 0.4) is 0 Å². The van der Waals surface area contributed by atoms with Gasteiger partial charge in [0.2, 0.25) is 0 Å². The molecular formula is C12H14N2O2. The van der Waals surface area contributed by atoms with E-state index in [1.165, 1.54) is 0 Å². The van der Waals surface area contributed by atoms with Crippen LogP contribution in [0, 0.1) is 11.3 Å². The Morgan fingerprint density at radius 2 is 2.19 bits per heavy atom. The maximum Gasteiger partial charge on any atom is 0.310 e. The summed E-state index contributed by atoms with van der Waals surface area (Å²) in [4.78, 5) is 11.4.